The minimum atomic E-state index is -0.220. The van der Waals surface area contributed by atoms with Gasteiger partial charge in [0.1, 0.15) is 0 Å². The van der Waals surface area contributed by atoms with E-state index in [1.54, 1.807) is 18.2 Å². The van der Waals surface area contributed by atoms with E-state index in [-0.39, 0.29) is 5.41 Å². The average Bonchev–Trinajstić information content (AvgIpc) is 3.08. The van der Waals surface area contributed by atoms with Crippen LogP contribution in [0, 0.1) is 23.2 Å². The van der Waals surface area contributed by atoms with Gasteiger partial charge in [-0.3, -0.25) is 0 Å². The Balaban J connectivity index is 2.17. The lowest BCUT2D eigenvalue weighted by Crippen LogP contribution is -2.42. The van der Waals surface area contributed by atoms with Gasteiger partial charge in [0, 0.05) is 5.41 Å². The second-order valence-corrected chi connectivity index (χ2v) is 6.04. The van der Waals surface area contributed by atoms with E-state index in [0.29, 0.717) is 37.4 Å². The molecule has 2 aliphatic rings. The Labute approximate surface area is 123 Å². The van der Waals surface area contributed by atoms with Crippen LogP contribution >= 0.6 is 0 Å². The first kappa shape index (κ1) is 15.5. The molecule has 2 fully saturated rings. The van der Waals surface area contributed by atoms with E-state index in [9.17, 15) is 14.4 Å². The fourth-order valence-electron chi connectivity index (χ4n) is 4.54. The molecule has 0 aliphatic heterocycles. The monoisotopic (exact) mass is 289 g/mol. The minimum absolute atomic E-state index is 0.220. The Hall–Kier alpha value is -1.86. The zero-order chi connectivity index (χ0) is 15.1. The molecule has 0 aromatic carbocycles. The lowest BCUT2D eigenvalue weighted by Gasteiger charge is -2.41. The van der Waals surface area contributed by atoms with Gasteiger partial charge in [0.15, 0.2) is 0 Å². The SMILES string of the molecule is O=C=NCCCC1C2CCC(C2)C1(CN=C=O)CN=C=O. The molecule has 2 rings (SSSR count). The average molecular weight is 289 g/mol. The molecule has 2 bridgehead atoms. The van der Waals surface area contributed by atoms with E-state index in [1.165, 1.54) is 6.42 Å². The van der Waals surface area contributed by atoms with Crippen molar-refractivity contribution >= 4 is 18.2 Å². The summed E-state index contributed by atoms with van der Waals surface area (Å²) in [4.78, 5) is 42.4. The fourth-order valence-corrected chi connectivity index (χ4v) is 4.54. The van der Waals surface area contributed by atoms with Crippen molar-refractivity contribution in [1.29, 1.82) is 0 Å². The molecule has 0 amide bonds. The minimum Gasteiger partial charge on any atom is -0.211 e. The molecule has 0 aromatic rings. The maximum atomic E-state index is 10.5. The summed E-state index contributed by atoms with van der Waals surface area (Å²) in [5, 5.41) is 0. The highest BCUT2D eigenvalue weighted by molar-refractivity contribution is 5.35. The number of nitrogens with zero attached hydrogens (tertiary/aromatic N) is 3. The first-order chi connectivity index (χ1) is 10.3. The molecule has 3 atom stereocenters. The van der Waals surface area contributed by atoms with E-state index in [4.69, 9.17) is 0 Å². The number of rotatable bonds is 8. The lowest BCUT2D eigenvalue weighted by atomic mass is 9.64. The predicted molar refractivity (Wildman–Crippen MR) is 75.0 cm³/mol. The fraction of sp³-hybridized carbons (Fsp3) is 0.800. The molecular weight excluding hydrogens is 270 g/mol. The van der Waals surface area contributed by atoms with Crippen LogP contribution in [0.3, 0.4) is 0 Å². The van der Waals surface area contributed by atoms with E-state index in [2.05, 4.69) is 15.0 Å². The van der Waals surface area contributed by atoms with Crippen LogP contribution in [0.15, 0.2) is 15.0 Å². The molecule has 112 valence electrons. The van der Waals surface area contributed by atoms with Gasteiger partial charge in [0.05, 0.1) is 19.6 Å². The molecule has 6 nitrogen and oxygen atoms in total. The summed E-state index contributed by atoms with van der Waals surface area (Å²) in [5.74, 6) is 1.42. The maximum absolute atomic E-state index is 10.5. The highest BCUT2D eigenvalue weighted by Gasteiger charge is 2.57. The first-order valence-electron chi connectivity index (χ1n) is 7.39. The maximum Gasteiger partial charge on any atom is 0.234 e. The van der Waals surface area contributed by atoms with Gasteiger partial charge in [-0.1, -0.05) is 0 Å². The van der Waals surface area contributed by atoms with E-state index >= 15 is 0 Å². The normalized spacial score (nSPS) is 32.9. The Kier molecular flexibility index (Phi) is 5.35. The van der Waals surface area contributed by atoms with Crippen LogP contribution in [-0.2, 0) is 14.4 Å². The summed E-state index contributed by atoms with van der Waals surface area (Å²) in [6.45, 7) is 1.23. The highest BCUT2D eigenvalue weighted by atomic mass is 16.1. The van der Waals surface area contributed by atoms with Crippen LogP contribution in [0.2, 0.25) is 0 Å². The van der Waals surface area contributed by atoms with Crippen molar-refractivity contribution in [2.45, 2.75) is 32.1 Å². The Morgan fingerprint density at radius 1 is 0.952 bits per heavy atom. The highest BCUT2D eigenvalue weighted by Crippen LogP contribution is 2.61. The van der Waals surface area contributed by atoms with Gasteiger partial charge in [0.25, 0.3) is 0 Å². The van der Waals surface area contributed by atoms with Crippen molar-refractivity contribution in [3.8, 4) is 0 Å². The summed E-state index contributed by atoms with van der Waals surface area (Å²) < 4.78 is 0. The number of carbonyl (C=O) groups excluding carboxylic acids is 3. The standard InChI is InChI=1S/C15H19N3O3/c19-9-16-5-1-2-14-12-3-4-13(6-12)15(14,7-17-10-20)8-18-11-21/h12-14H,1-8H2. The molecule has 2 aliphatic carbocycles. The number of fused-ring (bicyclic) bond motifs is 2. The summed E-state index contributed by atoms with van der Waals surface area (Å²) in [6, 6.07) is 0. The summed E-state index contributed by atoms with van der Waals surface area (Å²) in [6.07, 6.45) is 9.91. The summed E-state index contributed by atoms with van der Waals surface area (Å²) in [5.41, 5.74) is -0.220. The van der Waals surface area contributed by atoms with Crippen LogP contribution in [0.25, 0.3) is 0 Å². The van der Waals surface area contributed by atoms with Gasteiger partial charge in [-0.05, 0) is 49.9 Å². The van der Waals surface area contributed by atoms with Crippen molar-refractivity contribution in [1.82, 2.24) is 0 Å². The summed E-state index contributed by atoms with van der Waals surface area (Å²) >= 11 is 0. The number of hydrogen-bond donors (Lipinski definition) is 0. The molecule has 0 N–H and O–H groups in total. The van der Waals surface area contributed by atoms with Gasteiger partial charge in [-0.15, -0.1) is 0 Å². The van der Waals surface area contributed by atoms with Gasteiger partial charge >= 0.3 is 0 Å². The predicted octanol–water partition coefficient (Wildman–Crippen LogP) is 1.81. The van der Waals surface area contributed by atoms with E-state index in [1.807, 2.05) is 0 Å². The topological polar surface area (TPSA) is 88.3 Å². The van der Waals surface area contributed by atoms with Crippen LogP contribution < -0.4 is 0 Å². The van der Waals surface area contributed by atoms with Crippen molar-refractivity contribution in [3.05, 3.63) is 0 Å². The third kappa shape index (κ3) is 3.08. The smallest absolute Gasteiger partial charge is 0.211 e. The van der Waals surface area contributed by atoms with Crippen LogP contribution in [-0.4, -0.2) is 37.9 Å². The third-order valence-corrected chi connectivity index (χ3v) is 5.32. The molecule has 0 radical (unpaired) electrons. The molecule has 0 saturated heterocycles. The molecule has 6 heteroatoms. The van der Waals surface area contributed by atoms with Crippen molar-refractivity contribution in [2.75, 3.05) is 19.6 Å². The second-order valence-electron chi connectivity index (χ2n) is 6.04. The van der Waals surface area contributed by atoms with Crippen molar-refractivity contribution in [3.63, 3.8) is 0 Å². The van der Waals surface area contributed by atoms with Crippen LogP contribution in [0.5, 0.6) is 0 Å². The van der Waals surface area contributed by atoms with E-state index in [0.717, 1.165) is 25.7 Å². The van der Waals surface area contributed by atoms with Crippen molar-refractivity contribution in [2.24, 2.45) is 38.1 Å². The lowest BCUT2D eigenvalue weighted by molar-refractivity contribution is 0.0898. The molecule has 21 heavy (non-hydrogen) atoms. The Bertz CT molecular complexity index is 494. The Morgan fingerprint density at radius 3 is 2.24 bits per heavy atom. The summed E-state index contributed by atoms with van der Waals surface area (Å²) in [7, 11) is 0. The van der Waals surface area contributed by atoms with Gasteiger partial charge in [0.2, 0.25) is 18.2 Å². The zero-order valence-electron chi connectivity index (χ0n) is 12.0. The van der Waals surface area contributed by atoms with Gasteiger partial charge in [-0.2, -0.15) is 0 Å². The molecule has 2 saturated carbocycles. The Morgan fingerprint density at radius 2 is 1.62 bits per heavy atom. The molecule has 0 spiro atoms. The molecule has 3 unspecified atom stereocenters. The van der Waals surface area contributed by atoms with E-state index < -0.39 is 0 Å². The quantitative estimate of drug-likeness (QED) is 0.388. The van der Waals surface area contributed by atoms with Crippen LogP contribution in [0.4, 0.5) is 0 Å². The largest absolute Gasteiger partial charge is 0.234 e. The number of aliphatic imine (C=N–C) groups is 3. The van der Waals surface area contributed by atoms with Gasteiger partial charge < -0.3 is 0 Å². The number of isocyanates is 3. The molecule has 0 heterocycles. The second kappa shape index (κ2) is 7.24. The zero-order valence-corrected chi connectivity index (χ0v) is 12.0. The van der Waals surface area contributed by atoms with Gasteiger partial charge in [-0.25, -0.2) is 29.4 Å². The molecular formula is C15H19N3O3. The van der Waals surface area contributed by atoms with Crippen molar-refractivity contribution < 1.29 is 14.4 Å². The third-order valence-electron chi connectivity index (χ3n) is 5.32. The molecule has 0 aromatic heterocycles. The van der Waals surface area contributed by atoms with Crippen LogP contribution in [0.1, 0.15) is 32.1 Å². The number of hydrogen-bond acceptors (Lipinski definition) is 6. The first-order valence-corrected chi connectivity index (χ1v) is 7.39.